The zero-order valence-electron chi connectivity index (χ0n) is 24.4. The number of anilines is 1. The lowest BCUT2D eigenvalue weighted by Gasteiger charge is -2.28. The highest BCUT2D eigenvalue weighted by Gasteiger charge is 2.60. The largest absolute Gasteiger partial charge is 0.470 e. The Balaban J connectivity index is 1.74. The van der Waals surface area contributed by atoms with Crippen LogP contribution >= 0.6 is 11.3 Å². The zero-order valence-corrected chi connectivity index (χ0v) is 25.2. The fraction of sp³-hybridized carbons (Fsp3) is 0.324. The SMILES string of the molecule is CCCCN(CCCC)c1ccc(/C=C/C=C/c2ccc(/C=C/C3=C(C#N)C(=C(C#N)C#N)OC3(C)C(F)(F)F)s2)cc1. The summed E-state index contributed by atoms with van der Waals surface area (Å²) in [6.45, 7) is 7.29. The number of hydrogen-bond acceptors (Lipinski definition) is 6. The molecule has 0 radical (unpaired) electrons. The van der Waals surface area contributed by atoms with Gasteiger partial charge in [-0.3, -0.25) is 0 Å². The normalized spacial score (nSPS) is 17.0. The van der Waals surface area contributed by atoms with Crippen molar-refractivity contribution in [3.05, 3.63) is 92.4 Å². The number of rotatable bonds is 12. The second kappa shape index (κ2) is 15.1. The summed E-state index contributed by atoms with van der Waals surface area (Å²) in [6, 6.07) is 16.8. The molecule has 222 valence electrons. The standard InChI is InChI=1S/C34H33F3N4OS/c1-4-6-20-41(21-7-5-2)27-14-12-25(13-15-27)10-8-9-11-28-16-17-29(43-28)18-19-31-30(24-40)32(26(22-38)23-39)42-33(31,3)34(35,36)37/h8-19H,4-7,20-21H2,1-3H3/b10-8+,11-9+,19-18+. The molecule has 0 amide bonds. The Hall–Kier alpha value is -4.52. The number of nitrogens with zero attached hydrogens (tertiary/aromatic N) is 4. The quantitative estimate of drug-likeness (QED) is 0.179. The van der Waals surface area contributed by atoms with Gasteiger partial charge in [0.1, 0.15) is 23.8 Å². The summed E-state index contributed by atoms with van der Waals surface area (Å²) >= 11 is 1.36. The first-order valence-electron chi connectivity index (χ1n) is 14.0. The average molecular weight is 603 g/mol. The summed E-state index contributed by atoms with van der Waals surface area (Å²) in [5, 5.41) is 27.9. The highest BCUT2D eigenvalue weighted by molar-refractivity contribution is 7.13. The molecule has 1 aliphatic rings. The Morgan fingerprint density at radius 3 is 2.00 bits per heavy atom. The van der Waals surface area contributed by atoms with Crippen LogP contribution < -0.4 is 4.90 Å². The molecule has 0 spiro atoms. The maximum Gasteiger partial charge on any atom is 0.432 e. The number of thiophene rings is 1. The molecule has 0 saturated heterocycles. The van der Waals surface area contributed by atoms with E-state index in [-0.39, 0.29) is 0 Å². The topological polar surface area (TPSA) is 83.8 Å². The molecule has 0 saturated carbocycles. The molecule has 0 N–H and O–H groups in total. The minimum atomic E-state index is -4.90. The molecule has 1 atom stereocenters. The Morgan fingerprint density at radius 1 is 0.884 bits per heavy atom. The van der Waals surface area contributed by atoms with E-state index in [1.54, 1.807) is 12.1 Å². The number of halogens is 3. The number of unbranched alkanes of at least 4 members (excludes halogenated alkanes) is 2. The van der Waals surface area contributed by atoms with Crippen LogP contribution in [0.15, 0.2) is 77.1 Å². The van der Waals surface area contributed by atoms with Crippen LogP contribution in [-0.4, -0.2) is 24.9 Å². The number of hydrogen-bond donors (Lipinski definition) is 0. The third kappa shape index (κ3) is 8.07. The van der Waals surface area contributed by atoms with E-state index in [9.17, 15) is 18.4 Å². The van der Waals surface area contributed by atoms with Gasteiger partial charge in [0, 0.05) is 34.1 Å². The van der Waals surface area contributed by atoms with E-state index in [4.69, 9.17) is 15.3 Å². The molecule has 1 aliphatic heterocycles. The van der Waals surface area contributed by atoms with Gasteiger partial charge < -0.3 is 9.64 Å². The molecule has 9 heteroatoms. The first-order valence-corrected chi connectivity index (χ1v) is 14.9. The molecule has 0 fully saturated rings. The van der Waals surface area contributed by atoms with Crippen LogP contribution in [0.25, 0.3) is 18.2 Å². The van der Waals surface area contributed by atoms with Crippen molar-refractivity contribution in [2.24, 2.45) is 0 Å². The van der Waals surface area contributed by atoms with Gasteiger partial charge in [0.15, 0.2) is 11.3 Å². The summed E-state index contributed by atoms with van der Waals surface area (Å²) in [7, 11) is 0. The summed E-state index contributed by atoms with van der Waals surface area (Å²) in [4.78, 5) is 3.98. The smallest absolute Gasteiger partial charge is 0.432 e. The maximum atomic E-state index is 14.0. The molecule has 1 aromatic heterocycles. The van der Waals surface area contributed by atoms with Crippen LogP contribution in [0, 0.1) is 34.0 Å². The molecule has 0 bridgehead atoms. The van der Waals surface area contributed by atoms with Gasteiger partial charge in [-0.1, -0.05) is 63.1 Å². The van der Waals surface area contributed by atoms with Crippen molar-refractivity contribution < 1.29 is 17.9 Å². The van der Waals surface area contributed by atoms with Crippen molar-refractivity contribution >= 4 is 35.3 Å². The Morgan fingerprint density at radius 2 is 1.47 bits per heavy atom. The monoisotopic (exact) mass is 602 g/mol. The molecule has 2 heterocycles. The van der Waals surface area contributed by atoms with Crippen LogP contribution in [0.2, 0.25) is 0 Å². The fourth-order valence-electron chi connectivity index (χ4n) is 4.43. The van der Waals surface area contributed by atoms with Gasteiger partial charge in [0.05, 0.1) is 0 Å². The molecular weight excluding hydrogens is 569 g/mol. The Bertz CT molecular complexity index is 1530. The van der Waals surface area contributed by atoms with Crippen molar-refractivity contribution in [1.82, 2.24) is 0 Å². The van der Waals surface area contributed by atoms with E-state index in [2.05, 4.69) is 43.0 Å². The molecular formula is C34H33F3N4OS. The summed E-state index contributed by atoms with van der Waals surface area (Å²) in [5.41, 5.74) is -2.21. The molecule has 1 unspecified atom stereocenters. The summed E-state index contributed by atoms with van der Waals surface area (Å²) < 4.78 is 47.1. The molecule has 5 nitrogen and oxygen atoms in total. The van der Waals surface area contributed by atoms with Gasteiger partial charge in [-0.25, -0.2) is 0 Å². The zero-order chi connectivity index (χ0) is 31.5. The minimum absolute atomic E-state index is 0.459. The molecule has 2 aromatic rings. The van der Waals surface area contributed by atoms with Gasteiger partial charge in [-0.2, -0.15) is 29.0 Å². The first-order chi connectivity index (χ1) is 20.6. The maximum absolute atomic E-state index is 14.0. The van der Waals surface area contributed by atoms with Gasteiger partial charge in [-0.15, -0.1) is 11.3 Å². The van der Waals surface area contributed by atoms with Crippen molar-refractivity contribution in [1.29, 1.82) is 15.8 Å². The molecule has 1 aromatic carbocycles. The molecule has 3 rings (SSSR count). The fourth-order valence-corrected chi connectivity index (χ4v) is 5.26. The average Bonchev–Trinajstić information content (AvgIpc) is 3.57. The third-order valence-corrected chi connectivity index (χ3v) is 7.98. The predicted octanol–water partition coefficient (Wildman–Crippen LogP) is 9.37. The lowest BCUT2D eigenvalue weighted by Crippen LogP contribution is -2.43. The van der Waals surface area contributed by atoms with Crippen molar-refractivity contribution in [3.8, 4) is 18.2 Å². The number of nitriles is 3. The molecule has 0 aliphatic carbocycles. The van der Waals surface area contributed by atoms with E-state index in [0.29, 0.717) is 4.88 Å². The second-order valence-corrected chi connectivity index (χ2v) is 11.2. The predicted molar refractivity (Wildman–Crippen MR) is 166 cm³/mol. The number of allylic oxidation sites excluding steroid dienone is 4. The van der Waals surface area contributed by atoms with E-state index < -0.39 is 34.3 Å². The third-order valence-electron chi connectivity index (χ3n) is 6.96. The van der Waals surface area contributed by atoms with E-state index in [1.165, 1.54) is 54.2 Å². The lowest BCUT2D eigenvalue weighted by molar-refractivity contribution is -0.236. The number of benzene rings is 1. The van der Waals surface area contributed by atoms with Crippen LogP contribution in [-0.2, 0) is 4.74 Å². The summed E-state index contributed by atoms with van der Waals surface area (Å²) in [6.07, 6.45) is 10.1. The number of alkyl halides is 3. The van der Waals surface area contributed by atoms with Gasteiger partial charge in [0.2, 0.25) is 5.60 Å². The van der Waals surface area contributed by atoms with E-state index in [0.717, 1.165) is 43.3 Å². The van der Waals surface area contributed by atoms with Crippen LogP contribution in [0.1, 0.15) is 61.8 Å². The van der Waals surface area contributed by atoms with Crippen LogP contribution in [0.5, 0.6) is 0 Å². The lowest BCUT2D eigenvalue weighted by atomic mass is 9.92. The van der Waals surface area contributed by atoms with E-state index in [1.807, 2.05) is 30.4 Å². The van der Waals surface area contributed by atoms with Gasteiger partial charge in [-0.05, 0) is 61.7 Å². The van der Waals surface area contributed by atoms with E-state index >= 15 is 0 Å². The van der Waals surface area contributed by atoms with Gasteiger partial charge in [0.25, 0.3) is 0 Å². The van der Waals surface area contributed by atoms with Crippen molar-refractivity contribution in [2.75, 3.05) is 18.0 Å². The van der Waals surface area contributed by atoms with Crippen LogP contribution in [0.3, 0.4) is 0 Å². The van der Waals surface area contributed by atoms with Crippen molar-refractivity contribution in [3.63, 3.8) is 0 Å². The summed E-state index contributed by atoms with van der Waals surface area (Å²) in [5.74, 6) is -0.659. The van der Waals surface area contributed by atoms with Gasteiger partial charge >= 0.3 is 6.18 Å². The Kier molecular flexibility index (Phi) is 11.6. The second-order valence-electron chi connectivity index (χ2n) is 10.0. The Labute approximate surface area is 255 Å². The highest BCUT2D eigenvalue weighted by atomic mass is 32.1. The van der Waals surface area contributed by atoms with Crippen molar-refractivity contribution in [2.45, 2.75) is 58.2 Å². The molecule has 43 heavy (non-hydrogen) atoms. The highest BCUT2D eigenvalue weighted by Crippen LogP contribution is 2.49. The van der Waals surface area contributed by atoms with Crippen LogP contribution in [0.4, 0.5) is 18.9 Å². The minimum Gasteiger partial charge on any atom is -0.470 e. The number of ether oxygens (including phenoxy) is 1. The first kappa shape index (κ1) is 33.0.